The van der Waals surface area contributed by atoms with Crippen LogP contribution in [0.1, 0.15) is 17.5 Å². The largest absolute Gasteiger partial charge is 0.311 e. The Labute approximate surface area is 154 Å². The predicted octanol–water partition coefficient (Wildman–Crippen LogP) is 3.92. The van der Waals surface area contributed by atoms with E-state index < -0.39 is 0 Å². The van der Waals surface area contributed by atoms with Gasteiger partial charge in [-0.05, 0) is 43.4 Å². The minimum absolute atomic E-state index is 0.0283. The number of aromatic nitrogens is 2. The summed E-state index contributed by atoms with van der Waals surface area (Å²) >= 11 is 4.41. The molecule has 1 aromatic heterocycles. The first-order valence-corrected chi connectivity index (χ1v) is 10.3. The van der Waals surface area contributed by atoms with E-state index in [0.29, 0.717) is 13.0 Å². The molecule has 0 aliphatic rings. The number of thioether (sulfide) groups is 2. The summed E-state index contributed by atoms with van der Waals surface area (Å²) in [7, 11) is 0. The average molecular weight is 379 g/mol. The zero-order valence-electron chi connectivity index (χ0n) is 13.8. The van der Waals surface area contributed by atoms with Crippen LogP contribution in [0.15, 0.2) is 26.9 Å². The SMILES string of the molecule is CSc1nnc(SCC(=O)N(CCC#N)c2ccc(C)c(C)c2)s1. The van der Waals surface area contributed by atoms with E-state index in [1.165, 1.54) is 28.7 Å². The van der Waals surface area contributed by atoms with Gasteiger partial charge in [-0.1, -0.05) is 40.9 Å². The second kappa shape index (κ2) is 9.06. The Morgan fingerprint density at radius 3 is 2.67 bits per heavy atom. The monoisotopic (exact) mass is 378 g/mol. The number of benzene rings is 1. The number of hydrogen-bond acceptors (Lipinski definition) is 7. The van der Waals surface area contributed by atoms with Crippen molar-refractivity contribution in [3.05, 3.63) is 29.3 Å². The molecule has 0 N–H and O–H groups in total. The van der Waals surface area contributed by atoms with E-state index >= 15 is 0 Å². The van der Waals surface area contributed by atoms with Crippen LogP contribution in [0.2, 0.25) is 0 Å². The van der Waals surface area contributed by atoms with Crippen molar-refractivity contribution in [3.8, 4) is 6.07 Å². The van der Waals surface area contributed by atoms with Crippen LogP contribution in [0.3, 0.4) is 0 Å². The third-order valence-electron chi connectivity index (χ3n) is 3.43. The summed E-state index contributed by atoms with van der Waals surface area (Å²) < 4.78 is 1.67. The minimum Gasteiger partial charge on any atom is -0.311 e. The van der Waals surface area contributed by atoms with Crippen molar-refractivity contribution in [1.29, 1.82) is 5.26 Å². The van der Waals surface area contributed by atoms with E-state index in [2.05, 4.69) is 16.3 Å². The zero-order chi connectivity index (χ0) is 17.5. The Hall–Kier alpha value is -1.56. The van der Waals surface area contributed by atoms with Gasteiger partial charge in [0.15, 0.2) is 8.68 Å². The Balaban J connectivity index is 2.09. The van der Waals surface area contributed by atoms with Crippen LogP contribution in [0, 0.1) is 25.2 Å². The van der Waals surface area contributed by atoms with Gasteiger partial charge in [0.2, 0.25) is 5.91 Å². The van der Waals surface area contributed by atoms with E-state index in [1.54, 1.807) is 16.7 Å². The Morgan fingerprint density at radius 1 is 1.29 bits per heavy atom. The number of aryl methyl sites for hydroxylation is 2. The Kier molecular flexibility index (Phi) is 7.09. The maximum Gasteiger partial charge on any atom is 0.237 e. The van der Waals surface area contributed by atoms with Crippen LogP contribution in [0.4, 0.5) is 5.69 Å². The lowest BCUT2D eigenvalue weighted by Gasteiger charge is -2.22. The fourth-order valence-electron chi connectivity index (χ4n) is 1.99. The smallest absolute Gasteiger partial charge is 0.237 e. The molecule has 0 aliphatic heterocycles. The predicted molar refractivity (Wildman–Crippen MR) is 101 cm³/mol. The summed E-state index contributed by atoms with van der Waals surface area (Å²) in [6, 6.07) is 8.03. The van der Waals surface area contributed by atoms with Crippen molar-refractivity contribution < 1.29 is 4.79 Å². The van der Waals surface area contributed by atoms with Crippen molar-refractivity contribution in [2.45, 2.75) is 28.9 Å². The number of nitrogens with zero attached hydrogens (tertiary/aromatic N) is 4. The fourth-order valence-corrected chi connectivity index (χ4v) is 4.31. The van der Waals surface area contributed by atoms with Crippen molar-refractivity contribution in [2.75, 3.05) is 23.5 Å². The lowest BCUT2D eigenvalue weighted by atomic mass is 10.1. The highest BCUT2D eigenvalue weighted by atomic mass is 32.2. The number of hydrogen-bond donors (Lipinski definition) is 0. The Bertz CT molecular complexity index is 754. The highest BCUT2D eigenvalue weighted by Crippen LogP contribution is 2.28. The molecule has 8 heteroatoms. The van der Waals surface area contributed by atoms with Crippen molar-refractivity contribution in [2.24, 2.45) is 0 Å². The highest BCUT2D eigenvalue weighted by Gasteiger charge is 2.17. The van der Waals surface area contributed by atoms with Crippen LogP contribution in [-0.2, 0) is 4.79 Å². The first kappa shape index (κ1) is 18.8. The second-order valence-electron chi connectivity index (χ2n) is 5.05. The number of amides is 1. The summed E-state index contributed by atoms with van der Waals surface area (Å²) in [6.07, 6.45) is 2.25. The van der Waals surface area contributed by atoms with E-state index in [1.807, 2.05) is 38.3 Å². The highest BCUT2D eigenvalue weighted by molar-refractivity contribution is 8.03. The molecule has 0 bridgehead atoms. The van der Waals surface area contributed by atoms with Gasteiger partial charge in [0.05, 0.1) is 18.2 Å². The third-order valence-corrected chi connectivity index (χ3v) is 6.45. The molecule has 24 heavy (non-hydrogen) atoms. The normalized spacial score (nSPS) is 10.4. The second-order valence-corrected chi connectivity index (χ2v) is 8.30. The van der Waals surface area contributed by atoms with E-state index in [9.17, 15) is 4.79 Å². The fraction of sp³-hybridized carbons (Fsp3) is 0.375. The number of anilines is 1. The number of nitriles is 1. The maximum atomic E-state index is 12.6. The van der Waals surface area contributed by atoms with Crippen LogP contribution in [0.5, 0.6) is 0 Å². The summed E-state index contributed by atoms with van der Waals surface area (Å²) in [6.45, 7) is 4.45. The molecule has 2 aromatic rings. The van der Waals surface area contributed by atoms with Crippen LogP contribution < -0.4 is 4.90 Å². The van der Waals surface area contributed by atoms with Gasteiger partial charge in [0.1, 0.15) is 0 Å². The molecule has 0 spiro atoms. The first-order valence-electron chi connectivity index (χ1n) is 7.30. The Morgan fingerprint density at radius 2 is 2.04 bits per heavy atom. The molecule has 0 fully saturated rings. The molecule has 0 atom stereocenters. The molecular weight excluding hydrogens is 360 g/mol. The van der Waals surface area contributed by atoms with Crippen LogP contribution in [0.25, 0.3) is 0 Å². The van der Waals surface area contributed by atoms with Crippen molar-refractivity contribution >= 4 is 46.5 Å². The molecule has 0 unspecified atom stereocenters. The molecule has 0 aliphatic carbocycles. The summed E-state index contributed by atoms with van der Waals surface area (Å²) in [5.41, 5.74) is 3.14. The van der Waals surface area contributed by atoms with Gasteiger partial charge in [-0.3, -0.25) is 4.79 Å². The van der Waals surface area contributed by atoms with E-state index in [0.717, 1.165) is 19.9 Å². The van der Waals surface area contributed by atoms with Gasteiger partial charge < -0.3 is 4.90 Å². The molecule has 2 rings (SSSR count). The zero-order valence-corrected chi connectivity index (χ0v) is 16.2. The lowest BCUT2D eigenvalue weighted by Crippen LogP contribution is -2.33. The van der Waals surface area contributed by atoms with Gasteiger partial charge in [-0.25, -0.2) is 0 Å². The lowest BCUT2D eigenvalue weighted by molar-refractivity contribution is -0.116. The summed E-state index contributed by atoms with van der Waals surface area (Å²) in [5, 5.41) is 17.0. The van der Waals surface area contributed by atoms with Crippen molar-refractivity contribution in [1.82, 2.24) is 10.2 Å². The number of carbonyl (C=O) groups is 1. The summed E-state index contributed by atoms with van der Waals surface area (Å²) in [5.74, 6) is 0.251. The molecule has 1 aromatic carbocycles. The molecule has 126 valence electrons. The summed E-state index contributed by atoms with van der Waals surface area (Å²) in [4.78, 5) is 14.3. The molecule has 0 saturated heterocycles. The topological polar surface area (TPSA) is 69.9 Å². The van der Waals surface area contributed by atoms with Crippen LogP contribution in [-0.4, -0.2) is 34.7 Å². The molecule has 1 amide bonds. The van der Waals surface area contributed by atoms with Gasteiger partial charge in [-0.2, -0.15) is 5.26 Å². The van der Waals surface area contributed by atoms with E-state index in [4.69, 9.17) is 5.26 Å². The van der Waals surface area contributed by atoms with Gasteiger partial charge in [-0.15, -0.1) is 10.2 Å². The minimum atomic E-state index is -0.0283. The number of carbonyl (C=O) groups excluding carboxylic acids is 1. The van der Waals surface area contributed by atoms with Gasteiger partial charge >= 0.3 is 0 Å². The van der Waals surface area contributed by atoms with Crippen LogP contribution >= 0.6 is 34.9 Å². The van der Waals surface area contributed by atoms with Gasteiger partial charge in [0, 0.05) is 12.2 Å². The molecule has 1 heterocycles. The van der Waals surface area contributed by atoms with Gasteiger partial charge in [0.25, 0.3) is 0 Å². The van der Waals surface area contributed by atoms with Crippen molar-refractivity contribution in [3.63, 3.8) is 0 Å². The number of rotatable bonds is 7. The third kappa shape index (κ3) is 4.97. The molecule has 0 saturated carbocycles. The first-order chi connectivity index (χ1) is 11.5. The molecular formula is C16H18N4OS3. The molecule has 0 radical (unpaired) electrons. The van der Waals surface area contributed by atoms with E-state index in [-0.39, 0.29) is 11.7 Å². The standard InChI is InChI=1S/C16H18N4OS3/c1-11-5-6-13(9-12(11)2)20(8-4-7-17)14(21)10-23-16-19-18-15(22-3)24-16/h5-6,9H,4,8,10H2,1-3H3. The maximum absolute atomic E-state index is 12.6. The average Bonchev–Trinajstić information content (AvgIpc) is 3.04. The molecule has 5 nitrogen and oxygen atoms in total. The quantitative estimate of drug-likeness (QED) is 0.680.